The van der Waals surface area contributed by atoms with Crippen molar-refractivity contribution in [3.8, 4) is 0 Å². The molecule has 0 fully saturated rings. The minimum absolute atomic E-state index is 0.000146. The number of nitro benzene ring substituents is 1. The van der Waals surface area contributed by atoms with Gasteiger partial charge in [-0.05, 0) is 6.42 Å². The molecule has 0 radical (unpaired) electrons. The number of benzene rings is 1. The molecule has 0 aliphatic rings. The molecule has 6 nitrogen and oxygen atoms in total. The molecule has 0 aliphatic carbocycles. The van der Waals surface area contributed by atoms with Crippen molar-refractivity contribution in [2.24, 2.45) is 5.10 Å². The summed E-state index contributed by atoms with van der Waals surface area (Å²) in [5.74, 6) is -0.136. The summed E-state index contributed by atoms with van der Waals surface area (Å²) in [6.07, 6.45) is 6.00. The van der Waals surface area contributed by atoms with E-state index in [2.05, 4.69) is 17.5 Å². The van der Waals surface area contributed by atoms with Crippen LogP contribution in [-0.2, 0) is 4.79 Å². The maximum atomic E-state index is 11.4. The van der Waals surface area contributed by atoms with Gasteiger partial charge in [0, 0.05) is 24.1 Å². The lowest BCUT2D eigenvalue weighted by Crippen LogP contribution is -2.16. The molecule has 0 aromatic heterocycles. The molecule has 0 bridgehead atoms. The molecule has 0 spiro atoms. The predicted octanol–water partition coefficient (Wildman–Crippen LogP) is 3.02. The lowest BCUT2D eigenvalue weighted by Gasteiger charge is -1.99. The van der Waals surface area contributed by atoms with Crippen molar-refractivity contribution in [2.45, 2.75) is 39.0 Å². The van der Waals surface area contributed by atoms with Crippen LogP contribution in [-0.4, -0.2) is 17.0 Å². The van der Waals surface area contributed by atoms with Gasteiger partial charge < -0.3 is 0 Å². The van der Waals surface area contributed by atoms with E-state index in [-0.39, 0.29) is 11.6 Å². The first kappa shape index (κ1) is 15.8. The number of carbonyl (C=O) groups excluding carboxylic acids is 1. The smallest absolute Gasteiger partial charge is 0.270 e. The number of non-ortho nitro benzene ring substituents is 1. The molecule has 0 saturated heterocycles. The van der Waals surface area contributed by atoms with Gasteiger partial charge in [-0.1, -0.05) is 38.3 Å². The van der Waals surface area contributed by atoms with Crippen LogP contribution in [0.15, 0.2) is 29.4 Å². The minimum atomic E-state index is -0.469. The summed E-state index contributed by atoms with van der Waals surface area (Å²) in [6.45, 7) is 2.11. The molecule has 1 N–H and O–H groups in total. The zero-order chi connectivity index (χ0) is 14.8. The van der Waals surface area contributed by atoms with E-state index in [0.29, 0.717) is 12.0 Å². The first-order valence-corrected chi connectivity index (χ1v) is 6.70. The number of hydrogen-bond acceptors (Lipinski definition) is 4. The molecule has 108 valence electrons. The number of hydrazone groups is 1. The summed E-state index contributed by atoms with van der Waals surface area (Å²) >= 11 is 0. The van der Waals surface area contributed by atoms with E-state index in [0.717, 1.165) is 25.7 Å². The molecule has 0 saturated carbocycles. The number of rotatable bonds is 8. The van der Waals surface area contributed by atoms with Gasteiger partial charge in [0.05, 0.1) is 11.1 Å². The quantitative estimate of drug-likeness (QED) is 0.343. The third-order valence-corrected chi connectivity index (χ3v) is 2.74. The largest absolute Gasteiger partial charge is 0.273 e. The van der Waals surface area contributed by atoms with Gasteiger partial charge in [0.1, 0.15) is 0 Å². The SMILES string of the molecule is CCCCCCC(=O)NN=Cc1cccc([N+](=O)[O-])c1. The van der Waals surface area contributed by atoms with Gasteiger partial charge in [0.25, 0.3) is 5.69 Å². The zero-order valence-electron chi connectivity index (χ0n) is 11.5. The number of unbranched alkanes of at least 4 members (excludes halogenated alkanes) is 3. The summed E-state index contributed by atoms with van der Waals surface area (Å²) in [5, 5.41) is 14.4. The van der Waals surface area contributed by atoms with E-state index in [1.165, 1.54) is 18.3 Å². The highest BCUT2D eigenvalue weighted by Gasteiger charge is 2.04. The van der Waals surface area contributed by atoms with Crippen LogP contribution >= 0.6 is 0 Å². The van der Waals surface area contributed by atoms with Crippen molar-refractivity contribution < 1.29 is 9.72 Å². The second-order valence-electron chi connectivity index (χ2n) is 4.46. The van der Waals surface area contributed by atoms with Crippen molar-refractivity contribution in [1.29, 1.82) is 0 Å². The summed E-state index contributed by atoms with van der Waals surface area (Å²) in [5.41, 5.74) is 2.99. The number of nitro groups is 1. The third-order valence-electron chi connectivity index (χ3n) is 2.74. The van der Waals surface area contributed by atoms with Crippen LogP contribution in [0.5, 0.6) is 0 Å². The molecule has 1 aromatic carbocycles. The van der Waals surface area contributed by atoms with Crippen molar-refractivity contribution in [3.05, 3.63) is 39.9 Å². The lowest BCUT2D eigenvalue weighted by molar-refractivity contribution is -0.384. The van der Waals surface area contributed by atoms with Crippen molar-refractivity contribution in [2.75, 3.05) is 0 Å². The van der Waals surface area contributed by atoms with Crippen LogP contribution in [0.2, 0.25) is 0 Å². The molecule has 0 heterocycles. The number of amides is 1. The Morgan fingerprint density at radius 3 is 2.90 bits per heavy atom. The predicted molar refractivity (Wildman–Crippen MR) is 77.6 cm³/mol. The molecule has 1 aromatic rings. The minimum Gasteiger partial charge on any atom is -0.273 e. The number of hydrogen-bond donors (Lipinski definition) is 1. The Morgan fingerprint density at radius 1 is 1.40 bits per heavy atom. The van der Waals surface area contributed by atoms with Crippen molar-refractivity contribution in [1.82, 2.24) is 5.43 Å². The highest BCUT2D eigenvalue weighted by Crippen LogP contribution is 2.11. The summed E-state index contributed by atoms with van der Waals surface area (Å²) in [6, 6.07) is 6.07. The Hall–Kier alpha value is -2.24. The van der Waals surface area contributed by atoms with E-state index in [1.54, 1.807) is 12.1 Å². The maximum absolute atomic E-state index is 11.4. The van der Waals surface area contributed by atoms with Crippen LogP contribution in [0.1, 0.15) is 44.6 Å². The lowest BCUT2D eigenvalue weighted by atomic mass is 10.1. The van der Waals surface area contributed by atoms with Crippen molar-refractivity contribution in [3.63, 3.8) is 0 Å². The van der Waals surface area contributed by atoms with Crippen LogP contribution < -0.4 is 5.43 Å². The topological polar surface area (TPSA) is 84.6 Å². The normalized spacial score (nSPS) is 10.7. The first-order valence-electron chi connectivity index (χ1n) is 6.70. The Balaban J connectivity index is 2.38. The molecular weight excluding hydrogens is 258 g/mol. The Kier molecular flexibility index (Phi) is 6.95. The number of nitrogens with zero attached hydrogens (tertiary/aromatic N) is 2. The average Bonchev–Trinajstić information content (AvgIpc) is 2.44. The van der Waals surface area contributed by atoms with E-state index in [9.17, 15) is 14.9 Å². The van der Waals surface area contributed by atoms with Gasteiger partial charge in [-0.3, -0.25) is 14.9 Å². The molecule has 1 amide bonds. The molecular formula is C14H19N3O3. The average molecular weight is 277 g/mol. The van der Waals surface area contributed by atoms with Gasteiger partial charge in [0.2, 0.25) is 5.91 Å². The zero-order valence-corrected chi connectivity index (χ0v) is 11.5. The molecule has 0 unspecified atom stereocenters. The molecule has 1 rings (SSSR count). The van der Waals surface area contributed by atoms with E-state index in [4.69, 9.17) is 0 Å². The highest BCUT2D eigenvalue weighted by molar-refractivity contribution is 5.83. The van der Waals surface area contributed by atoms with Gasteiger partial charge in [-0.15, -0.1) is 0 Å². The van der Waals surface area contributed by atoms with Crippen LogP contribution in [0.25, 0.3) is 0 Å². The Morgan fingerprint density at radius 2 is 2.20 bits per heavy atom. The Bertz CT molecular complexity index is 486. The third kappa shape index (κ3) is 6.08. The standard InChI is InChI=1S/C14H19N3O3/c1-2-3-4-5-9-14(18)16-15-11-12-7-6-8-13(10-12)17(19)20/h6-8,10-11H,2-5,9H2,1H3,(H,16,18). The fourth-order valence-electron chi connectivity index (χ4n) is 1.67. The summed E-state index contributed by atoms with van der Waals surface area (Å²) < 4.78 is 0. The monoisotopic (exact) mass is 277 g/mol. The molecule has 0 aliphatic heterocycles. The van der Waals surface area contributed by atoms with E-state index >= 15 is 0 Å². The van der Waals surface area contributed by atoms with E-state index in [1.807, 2.05) is 0 Å². The highest BCUT2D eigenvalue weighted by atomic mass is 16.6. The summed E-state index contributed by atoms with van der Waals surface area (Å²) in [7, 11) is 0. The summed E-state index contributed by atoms with van der Waals surface area (Å²) in [4.78, 5) is 21.6. The van der Waals surface area contributed by atoms with E-state index < -0.39 is 4.92 Å². The van der Waals surface area contributed by atoms with Gasteiger partial charge in [-0.2, -0.15) is 5.10 Å². The van der Waals surface area contributed by atoms with Gasteiger partial charge >= 0.3 is 0 Å². The van der Waals surface area contributed by atoms with Crippen LogP contribution in [0.3, 0.4) is 0 Å². The van der Waals surface area contributed by atoms with Crippen LogP contribution in [0, 0.1) is 10.1 Å². The fourth-order valence-corrected chi connectivity index (χ4v) is 1.67. The molecule has 0 atom stereocenters. The number of carbonyl (C=O) groups is 1. The van der Waals surface area contributed by atoms with Crippen LogP contribution in [0.4, 0.5) is 5.69 Å². The fraction of sp³-hybridized carbons (Fsp3) is 0.429. The van der Waals surface area contributed by atoms with Gasteiger partial charge in [-0.25, -0.2) is 5.43 Å². The molecule has 6 heteroatoms. The first-order chi connectivity index (χ1) is 9.63. The van der Waals surface area contributed by atoms with Crippen molar-refractivity contribution >= 4 is 17.8 Å². The number of nitrogens with one attached hydrogen (secondary N) is 1. The maximum Gasteiger partial charge on any atom is 0.270 e. The van der Waals surface area contributed by atoms with Gasteiger partial charge in [0.15, 0.2) is 0 Å². The second kappa shape index (κ2) is 8.79. The molecule has 20 heavy (non-hydrogen) atoms. The Labute approximate surface area is 118 Å². The second-order valence-corrected chi connectivity index (χ2v) is 4.46.